The molecule has 1 N–H and O–H groups in total. The van der Waals surface area contributed by atoms with Crippen molar-refractivity contribution in [2.45, 2.75) is 45.3 Å². The fraction of sp³-hybridized carbons (Fsp3) is 0.769. The van der Waals surface area contributed by atoms with Gasteiger partial charge in [0.15, 0.2) is 0 Å². The minimum Gasteiger partial charge on any atom is -0.376 e. The van der Waals surface area contributed by atoms with Gasteiger partial charge in [0.2, 0.25) is 0 Å². The molecule has 0 bridgehead atoms. The van der Waals surface area contributed by atoms with Gasteiger partial charge in [-0.15, -0.1) is 0 Å². The van der Waals surface area contributed by atoms with Crippen LogP contribution in [0.15, 0.2) is 12.3 Å². The van der Waals surface area contributed by atoms with Crippen LogP contribution in [0.4, 0.5) is 0 Å². The van der Waals surface area contributed by atoms with Crippen LogP contribution in [0, 0.1) is 0 Å². The van der Waals surface area contributed by atoms with Gasteiger partial charge in [-0.2, -0.15) is 5.10 Å². The average molecular weight is 239 g/mol. The highest BCUT2D eigenvalue weighted by atomic mass is 16.5. The third-order valence-electron chi connectivity index (χ3n) is 3.41. The summed E-state index contributed by atoms with van der Waals surface area (Å²) >= 11 is 0. The van der Waals surface area contributed by atoms with Crippen molar-refractivity contribution in [1.29, 1.82) is 0 Å². The van der Waals surface area contributed by atoms with Gasteiger partial charge in [-0.1, -0.05) is 13.8 Å². The van der Waals surface area contributed by atoms with E-state index in [2.05, 4.69) is 37.3 Å². The second-order valence-corrected chi connectivity index (χ2v) is 4.67. The largest absolute Gasteiger partial charge is 0.376 e. The Kier molecular flexibility index (Phi) is 5.15. The Balaban J connectivity index is 2.94. The predicted molar refractivity (Wildman–Crippen MR) is 69.9 cm³/mol. The van der Waals surface area contributed by atoms with E-state index < -0.39 is 0 Å². The molecule has 0 radical (unpaired) electrons. The van der Waals surface area contributed by atoms with Crippen molar-refractivity contribution < 1.29 is 4.74 Å². The molecule has 2 unspecified atom stereocenters. The average Bonchev–Trinajstić information content (AvgIpc) is 2.75. The smallest absolute Gasteiger partial charge is 0.0858 e. The summed E-state index contributed by atoms with van der Waals surface area (Å²) in [7, 11) is 3.71. The number of nitrogens with one attached hydrogen (secondary N) is 1. The van der Waals surface area contributed by atoms with E-state index >= 15 is 0 Å². The van der Waals surface area contributed by atoms with E-state index in [0.717, 1.165) is 25.1 Å². The molecule has 0 saturated heterocycles. The lowest BCUT2D eigenvalue weighted by Crippen LogP contribution is -2.43. The first kappa shape index (κ1) is 14.2. The molecular formula is C13H25N3O. The molecule has 0 spiro atoms. The molecule has 1 aromatic rings. The normalized spacial score (nSPS) is 16.8. The first-order valence-corrected chi connectivity index (χ1v) is 6.35. The number of nitrogens with zero attached hydrogens (tertiary/aromatic N) is 2. The fourth-order valence-corrected chi connectivity index (χ4v) is 1.98. The van der Waals surface area contributed by atoms with E-state index in [0.29, 0.717) is 0 Å². The summed E-state index contributed by atoms with van der Waals surface area (Å²) in [6, 6.07) is 2.19. The van der Waals surface area contributed by atoms with Crippen LogP contribution in [0.3, 0.4) is 0 Å². The number of hydrogen-bond donors (Lipinski definition) is 1. The van der Waals surface area contributed by atoms with Gasteiger partial charge in [0.25, 0.3) is 0 Å². The Morgan fingerprint density at radius 3 is 2.65 bits per heavy atom. The summed E-state index contributed by atoms with van der Waals surface area (Å²) in [4.78, 5) is 0. The zero-order valence-corrected chi connectivity index (χ0v) is 11.7. The molecule has 17 heavy (non-hydrogen) atoms. The molecule has 0 aliphatic heterocycles. The number of hydrogen-bond acceptors (Lipinski definition) is 3. The third kappa shape index (κ3) is 3.30. The Hall–Kier alpha value is -0.870. The highest BCUT2D eigenvalue weighted by Crippen LogP contribution is 2.30. The monoisotopic (exact) mass is 239 g/mol. The highest BCUT2D eigenvalue weighted by Gasteiger charge is 2.34. The highest BCUT2D eigenvalue weighted by molar-refractivity contribution is 5.11. The van der Waals surface area contributed by atoms with Gasteiger partial charge in [-0.05, 0) is 32.4 Å². The number of aryl methyl sites for hydroxylation is 1. The van der Waals surface area contributed by atoms with E-state index in [-0.39, 0.29) is 11.6 Å². The maximum Gasteiger partial charge on any atom is 0.0858 e. The van der Waals surface area contributed by atoms with Crippen LogP contribution >= 0.6 is 0 Å². The maximum absolute atomic E-state index is 5.70. The molecule has 0 aliphatic carbocycles. The third-order valence-corrected chi connectivity index (χ3v) is 3.41. The lowest BCUT2D eigenvalue weighted by atomic mass is 9.90. The van der Waals surface area contributed by atoms with Crippen molar-refractivity contribution in [3.05, 3.63) is 18.0 Å². The quantitative estimate of drug-likeness (QED) is 0.793. The van der Waals surface area contributed by atoms with Crippen LogP contribution in [-0.2, 0) is 11.8 Å². The second kappa shape index (κ2) is 6.17. The van der Waals surface area contributed by atoms with Crippen LogP contribution < -0.4 is 5.32 Å². The summed E-state index contributed by atoms with van der Waals surface area (Å²) in [5, 5.41) is 8.04. The summed E-state index contributed by atoms with van der Waals surface area (Å²) in [5.41, 5.74) is 0.830. The van der Waals surface area contributed by atoms with E-state index in [1.54, 1.807) is 7.11 Å². The predicted octanol–water partition coefficient (Wildman–Crippen LogP) is 2.28. The van der Waals surface area contributed by atoms with Gasteiger partial charge in [0.05, 0.1) is 17.3 Å². The molecule has 1 heterocycles. The van der Waals surface area contributed by atoms with E-state index in [9.17, 15) is 0 Å². The summed E-state index contributed by atoms with van der Waals surface area (Å²) in [5.74, 6) is 0. The van der Waals surface area contributed by atoms with Crippen molar-refractivity contribution in [2.24, 2.45) is 7.05 Å². The topological polar surface area (TPSA) is 39.1 Å². The molecule has 1 rings (SSSR count). The Morgan fingerprint density at radius 2 is 2.24 bits per heavy atom. The molecule has 1 aromatic heterocycles. The van der Waals surface area contributed by atoms with Gasteiger partial charge in [0, 0.05) is 20.4 Å². The molecule has 4 heteroatoms. The Bertz CT molecular complexity index is 331. The van der Waals surface area contributed by atoms with E-state index in [4.69, 9.17) is 4.74 Å². The van der Waals surface area contributed by atoms with Gasteiger partial charge in [-0.25, -0.2) is 0 Å². The number of methoxy groups -OCH3 is 1. The van der Waals surface area contributed by atoms with Crippen molar-refractivity contribution >= 4 is 0 Å². The lowest BCUT2D eigenvalue weighted by Gasteiger charge is -2.35. The van der Waals surface area contributed by atoms with Gasteiger partial charge >= 0.3 is 0 Å². The molecule has 0 amide bonds. The molecule has 4 nitrogen and oxygen atoms in total. The minimum atomic E-state index is -0.219. The SMILES string of the molecule is CCCNC(c1ccn(C)n1)C(C)(CC)OC. The summed E-state index contributed by atoms with van der Waals surface area (Å²) in [6.07, 6.45) is 4.02. The van der Waals surface area contributed by atoms with Gasteiger partial charge in [0.1, 0.15) is 0 Å². The van der Waals surface area contributed by atoms with Crippen LogP contribution in [0.2, 0.25) is 0 Å². The molecule has 0 aliphatic rings. The second-order valence-electron chi connectivity index (χ2n) is 4.67. The first-order valence-electron chi connectivity index (χ1n) is 6.35. The Labute approximate surface area is 104 Å². The number of rotatable bonds is 7. The zero-order chi connectivity index (χ0) is 12.9. The Morgan fingerprint density at radius 1 is 1.53 bits per heavy atom. The fourth-order valence-electron chi connectivity index (χ4n) is 1.98. The summed E-state index contributed by atoms with van der Waals surface area (Å²) < 4.78 is 7.53. The molecular weight excluding hydrogens is 214 g/mol. The first-order chi connectivity index (χ1) is 8.07. The van der Waals surface area contributed by atoms with Crippen LogP contribution in [-0.4, -0.2) is 29.0 Å². The van der Waals surface area contributed by atoms with Crippen molar-refractivity contribution in [2.75, 3.05) is 13.7 Å². The van der Waals surface area contributed by atoms with E-state index in [1.165, 1.54) is 0 Å². The zero-order valence-electron chi connectivity index (χ0n) is 11.7. The van der Waals surface area contributed by atoms with Crippen LogP contribution in [0.5, 0.6) is 0 Å². The standard InChI is InChI=1S/C13H25N3O/c1-6-9-14-12(13(3,7-2)17-5)11-8-10-16(4)15-11/h8,10,12,14H,6-7,9H2,1-5H3. The molecule has 98 valence electrons. The number of ether oxygens (including phenoxy) is 1. The van der Waals surface area contributed by atoms with Crippen molar-refractivity contribution in [3.63, 3.8) is 0 Å². The summed E-state index contributed by atoms with van der Waals surface area (Å²) in [6.45, 7) is 7.42. The lowest BCUT2D eigenvalue weighted by molar-refractivity contribution is -0.0311. The minimum absolute atomic E-state index is 0.138. The van der Waals surface area contributed by atoms with Crippen LogP contribution in [0.1, 0.15) is 45.3 Å². The van der Waals surface area contributed by atoms with Crippen molar-refractivity contribution in [3.8, 4) is 0 Å². The molecule has 0 fully saturated rings. The number of aromatic nitrogens is 2. The maximum atomic E-state index is 5.70. The van der Waals surface area contributed by atoms with Crippen LogP contribution in [0.25, 0.3) is 0 Å². The molecule has 2 atom stereocenters. The molecule has 0 saturated carbocycles. The van der Waals surface area contributed by atoms with Crippen molar-refractivity contribution in [1.82, 2.24) is 15.1 Å². The van der Waals surface area contributed by atoms with Gasteiger partial charge in [-0.3, -0.25) is 4.68 Å². The van der Waals surface area contributed by atoms with Gasteiger partial charge < -0.3 is 10.1 Å². The molecule has 0 aromatic carbocycles. The van der Waals surface area contributed by atoms with E-state index in [1.807, 2.05) is 17.9 Å².